The fourth-order valence-electron chi connectivity index (χ4n) is 8.57. The molecule has 0 amide bonds. The predicted molar refractivity (Wildman–Crippen MR) is 266 cm³/mol. The molecule has 3 saturated heterocycles. The Bertz CT molecular complexity index is 3000. The van der Waals surface area contributed by atoms with Gasteiger partial charge in [0.15, 0.2) is 35.4 Å². The number of ether oxygens (including phenoxy) is 10. The van der Waals surface area contributed by atoms with E-state index in [1.165, 1.54) is 100 Å². The Morgan fingerprint density at radius 3 is 1.78 bits per heavy atom. The average Bonchev–Trinajstić information content (AvgIpc) is 3.51. The Kier molecular flexibility index (Phi) is 18.0. The molecule has 26 heteroatoms. The van der Waals surface area contributed by atoms with Crippen LogP contribution in [0.25, 0.3) is 34.4 Å². The van der Waals surface area contributed by atoms with Crippen molar-refractivity contribution in [2.24, 2.45) is 0 Å². The van der Waals surface area contributed by atoms with E-state index in [-0.39, 0.29) is 62.5 Å². The molecule has 79 heavy (non-hydrogen) atoms. The molecule has 3 aliphatic rings. The van der Waals surface area contributed by atoms with Crippen LogP contribution in [-0.2, 0) is 38.0 Å². The van der Waals surface area contributed by atoms with Crippen molar-refractivity contribution in [1.29, 1.82) is 0 Å². The summed E-state index contributed by atoms with van der Waals surface area (Å²) in [5.41, 5.74) is 0.915. The van der Waals surface area contributed by atoms with Crippen molar-refractivity contribution < 1.29 is 128 Å². The summed E-state index contributed by atoms with van der Waals surface area (Å²) in [7, 11) is 2.57. The van der Waals surface area contributed by atoms with E-state index >= 15 is 0 Å². The first-order chi connectivity index (χ1) is 37.6. The average molecular weight is 1110 g/mol. The summed E-state index contributed by atoms with van der Waals surface area (Å²) in [5.74, 6) is -4.09. The molecule has 26 nitrogen and oxygen atoms in total. The van der Waals surface area contributed by atoms with Gasteiger partial charge >= 0.3 is 23.3 Å². The van der Waals surface area contributed by atoms with Crippen molar-refractivity contribution in [2.75, 3.05) is 27.4 Å². The van der Waals surface area contributed by atoms with Gasteiger partial charge in [0.25, 0.3) is 0 Å². The summed E-state index contributed by atoms with van der Waals surface area (Å²) in [6.07, 6.45) is -20.2. The van der Waals surface area contributed by atoms with Crippen LogP contribution in [-0.4, -0.2) is 198 Å². The summed E-state index contributed by atoms with van der Waals surface area (Å²) in [4.78, 5) is 25.3. The van der Waals surface area contributed by atoms with E-state index in [9.17, 15) is 76.0 Å². The zero-order valence-electron chi connectivity index (χ0n) is 41.9. The van der Waals surface area contributed by atoms with Gasteiger partial charge in [-0.25, -0.2) is 14.0 Å². The second-order valence-electron chi connectivity index (χ2n) is 18.4. The van der Waals surface area contributed by atoms with Crippen LogP contribution >= 0.6 is 0 Å². The number of aliphatic hydroxyl groups excluding tert-OH is 8. The van der Waals surface area contributed by atoms with Gasteiger partial charge in [-0.05, 0) is 54.5 Å². The normalized spacial score (nSPS) is 29.1. The smallest absolute Gasteiger partial charge is 0.402 e. The van der Waals surface area contributed by atoms with Crippen LogP contribution in [0.1, 0.15) is 18.1 Å². The molecule has 13 N–H and O–H groups in total. The topological polar surface area (TPSA) is 401 Å². The Morgan fingerprint density at radius 1 is 0.570 bits per heavy atom. The molecule has 0 spiro atoms. The standard InChI is InChI=1S/C53H56O26/c1-22-49(79-39(59)13-7-23-4-9-27(10-5-23)74-52-46(66)43(63)41(61)36(77-52)20-71-38(58)12-8-24-6-11-29(55)31(57)14-24)45(65)48(68)51(73-22)72-21-37-42(62)44(64)47(67)53(78-37)76-35-19-28-30(56)17-26(54)18-32(28)75-50(35)25-15-33(69-2)40(60)34(16-25)70-3/h4-19,22,36-37,41-49,51-53,61-68H,20-21H2,1-3H3,(H4-,54,55,56,57,58,60)/p+1/b13-7+/t22-,36+,37+,41-,42-,43-,44-,45-,46+,47+,48-,49-,51+,52+,53+/m0/s1. The maximum Gasteiger partial charge on any atom is 0.402 e. The first-order valence-electron chi connectivity index (χ1n) is 24.1. The van der Waals surface area contributed by atoms with Crippen molar-refractivity contribution in [3.63, 3.8) is 0 Å². The van der Waals surface area contributed by atoms with Crippen molar-refractivity contribution in [3.05, 3.63) is 96.1 Å². The quantitative estimate of drug-likeness (QED) is 0.0263. The zero-order chi connectivity index (χ0) is 57.0. The number of carbonyl (C=O) groups excluding carboxylic acids is 2. The largest absolute Gasteiger partial charge is 0.507 e. The Hall–Kier alpha value is -7.57. The number of phenolic OH excluding ortho intramolecular Hbond substituents is 5. The summed E-state index contributed by atoms with van der Waals surface area (Å²) >= 11 is 0. The molecule has 0 aliphatic carbocycles. The molecule has 0 radical (unpaired) electrons. The van der Waals surface area contributed by atoms with Gasteiger partial charge < -0.3 is 114 Å². The number of methoxy groups -OCH3 is 2. The third-order valence-electron chi connectivity index (χ3n) is 12.9. The number of esters is 2. The first-order valence-corrected chi connectivity index (χ1v) is 24.1. The number of hydrogen-bond acceptors (Lipinski definition) is 25. The highest BCUT2D eigenvalue weighted by Gasteiger charge is 2.50. The fraction of sp³-hybridized carbons (Fsp3) is 0.377. The molecule has 1 aromatic heterocycles. The van der Waals surface area contributed by atoms with E-state index in [1.54, 1.807) is 0 Å². The lowest BCUT2D eigenvalue weighted by Gasteiger charge is -2.42. The fourth-order valence-corrected chi connectivity index (χ4v) is 8.57. The van der Waals surface area contributed by atoms with Gasteiger partial charge in [0.1, 0.15) is 90.3 Å². The van der Waals surface area contributed by atoms with Crippen molar-refractivity contribution in [1.82, 2.24) is 0 Å². The minimum atomic E-state index is -1.93. The van der Waals surface area contributed by atoms with E-state index in [0.29, 0.717) is 11.1 Å². The maximum atomic E-state index is 13.0. The molecule has 3 aliphatic heterocycles. The SMILES string of the molecule is COc1cc(-c2[o+]c3cc(O)cc(O)c3cc2O[C@@H]2O[C@H](CO[C@@H]3O[C@@H](C)[C@H](OC(=O)/C=C/c4ccc(O[C@@H]5O[C@H](COC(=O)C=Cc6ccc(O)c(O)c6)[C@H](O)[C@H](O)[C@H]5O)cc4)[C@@H](O)[C@@H]3O)[C@H](O)[C@H](O)[C@H]2O)cc(OC)c1O. The highest BCUT2D eigenvalue weighted by atomic mass is 16.7. The number of aliphatic hydroxyl groups is 8. The van der Waals surface area contributed by atoms with E-state index in [0.717, 1.165) is 18.2 Å². The van der Waals surface area contributed by atoms with Gasteiger partial charge in [0, 0.05) is 36.4 Å². The summed E-state index contributed by atoms with van der Waals surface area (Å²) in [6.45, 7) is 0.205. The lowest BCUT2D eigenvalue weighted by molar-refractivity contribution is -0.319. The van der Waals surface area contributed by atoms with E-state index in [2.05, 4.69) is 0 Å². The van der Waals surface area contributed by atoms with E-state index in [4.69, 9.17) is 51.8 Å². The number of rotatable bonds is 17. The van der Waals surface area contributed by atoms with Crippen LogP contribution < -0.4 is 18.9 Å². The van der Waals surface area contributed by atoms with Gasteiger partial charge in [-0.2, -0.15) is 0 Å². The molecule has 0 bridgehead atoms. The van der Waals surface area contributed by atoms with Gasteiger partial charge in [-0.15, -0.1) is 0 Å². The molecule has 15 atom stereocenters. The minimum Gasteiger partial charge on any atom is -0.507 e. The highest BCUT2D eigenvalue weighted by Crippen LogP contribution is 2.46. The number of benzene rings is 4. The molecule has 424 valence electrons. The molecule has 4 heterocycles. The van der Waals surface area contributed by atoms with Crippen LogP contribution in [0.4, 0.5) is 0 Å². The lowest BCUT2D eigenvalue weighted by Crippen LogP contribution is -2.62. The summed E-state index contributed by atoms with van der Waals surface area (Å²) < 4.78 is 61.9. The van der Waals surface area contributed by atoms with E-state index in [1.807, 2.05) is 0 Å². The number of fused-ring (bicyclic) bond motifs is 1. The molecule has 0 unspecified atom stereocenters. The van der Waals surface area contributed by atoms with Gasteiger partial charge in [0.05, 0.1) is 38.6 Å². The number of aromatic hydroxyl groups is 5. The van der Waals surface area contributed by atoms with Crippen LogP contribution in [0.3, 0.4) is 0 Å². The summed E-state index contributed by atoms with van der Waals surface area (Å²) in [6, 6.07) is 15.9. The van der Waals surface area contributed by atoms with Crippen molar-refractivity contribution in [2.45, 2.75) is 99.0 Å². The first kappa shape index (κ1) is 57.6. The number of hydrogen-bond donors (Lipinski definition) is 13. The second-order valence-corrected chi connectivity index (χ2v) is 18.4. The molecular formula is C53H57O26+. The van der Waals surface area contributed by atoms with Gasteiger partial charge in [0.2, 0.25) is 24.1 Å². The second kappa shape index (κ2) is 24.6. The lowest BCUT2D eigenvalue weighted by atomic mass is 9.98. The van der Waals surface area contributed by atoms with Crippen LogP contribution in [0.5, 0.6) is 51.7 Å². The monoisotopic (exact) mass is 1110 g/mol. The Labute approximate surface area is 447 Å². The molecular weight excluding hydrogens is 1050 g/mol. The number of phenols is 5. The molecule has 3 fully saturated rings. The van der Waals surface area contributed by atoms with E-state index < -0.39 is 129 Å². The van der Waals surface area contributed by atoms with Crippen LogP contribution in [0, 0.1) is 0 Å². The van der Waals surface area contributed by atoms with Crippen LogP contribution in [0.2, 0.25) is 0 Å². The molecule has 0 saturated carbocycles. The third kappa shape index (κ3) is 13.0. The molecule has 5 aromatic rings. The van der Waals surface area contributed by atoms with Crippen LogP contribution in [0.15, 0.2) is 89.4 Å². The Balaban J connectivity index is 0.848. The minimum absolute atomic E-state index is 0.0220. The molecule has 8 rings (SSSR count). The van der Waals surface area contributed by atoms with Crippen molar-refractivity contribution >= 4 is 35.1 Å². The van der Waals surface area contributed by atoms with Crippen molar-refractivity contribution in [3.8, 4) is 63.1 Å². The van der Waals surface area contributed by atoms with Gasteiger partial charge in [-0.1, -0.05) is 18.2 Å². The van der Waals surface area contributed by atoms with Gasteiger partial charge in [-0.3, -0.25) is 0 Å². The highest BCUT2D eigenvalue weighted by molar-refractivity contribution is 5.89. The third-order valence-corrected chi connectivity index (χ3v) is 12.9. The zero-order valence-corrected chi connectivity index (χ0v) is 41.9. The maximum absolute atomic E-state index is 13.0. The Morgan fingerprint density at radius 2 is 1.15 bits per heavy atom. The molecule has 4 aromatic carbocycles. The number of carbonyl (C=O) groups is 2. The predicted octanol–water partition coefficient (Wildman–Crippen LogP) is 0.664. The summed E-state index contributed by atoms with van der Waals surface area (Å²) in [5, 5.41) is 137.